The van der Waals surface area contributed by atoms with E-state index in [0.29, 0.717) is 34.8 Å². The molecule has 0 spiro atoms. The number of fused-ring (bicyclic) bond motifs is 3. The van der Waals surface area contributed by atoms with E-state index in [1.165, 1.54) is 15.3 Å². The monoisotopic (exact) mass is 378 g/mol. The Bertz CT molecular complexity index is 1240. The predicted octanol–water partition coefficient (Wildman–Crippen LogP) is 1.07. The number of aromatic nitrogens is 5. The number of hydrogen-bond acceptors (Lipinski definition) is 6. The van der Waals surface area contributed by atoms with Gasteiger partial charge in [0.2, 0.25) is 5.91 Å². The fourth-order valence-electron chi connectivity index (χ4n) is 3.04. The Morgan fingerprint density at radius 2 is 2.07 bits per heavy atom. The standard InChI is InChI=1S/C19H18N6O3/c1-12-22-19-21-10-14-15(25(19)23-12)7-8-24(18(14)27)11-17(26)20-9-13-5-3-4-6-16(13)28-2/h3-8,10H,9,11H2,1-2H3,(H,20,26). The molecule has 0 radical (unpaired) electrons. The van der Waals surface area contributed by atoms with E-state index in [0.717, 1.165) is 5.56 Å². The van der Waals surface area contributed by atoms with Crippen LogP contribution < -0.4 is 15.6 Å². The van der Waals surface area contributed by atoms with Crippen molar-refractivity contribution in [3.63, 3.8) is 0 Å². The summed E-state index contributed by atoms with van der Waals surface area (Å²) in [5, 5.41) is 7.44. The number of para-hydroxylation sites is 1. The number of amides is 1. The van der Waals surface area contributed by atoms with E-state index in [9.17, 15) is 9.59 Å². The Morgan fingerprint density at radius 1 is 1.25 bits per heavy atom. The number of carbonyl (C=O) groups excluding carboxylic acids is 1. The molecule has 0 aliphatic carbocycles. The normalized spacial score (nSPS) is 11.1. The minimum atomic E-state index is -0.313. The Hall–Kier alpha value is -3.75. The van der Waals surface area contributed by atoms with Crippen molar-refractivity contribution in [2.45, 2.75) is 20.0 Å². The van der Waals surface area contributed by atoms with E-state index in [4.69, 9.17) is 4.74 Å². The summed E-state index contributed by atoms with van der Waals surface area (Å²) in [4.78, 5) is 33.4. The van der Waals surface area contributed by atoms with Gasteiger partial charge >= 0.3 is 0 Å². The number of nitrogens with zero attached hydrogens (tertiary/aromatic N) is 5. The number of nitrogens with one attached hydrogen (secondary N) is 1. The minimum Gasteiger partial charge on any atom is -0.496 e. The van der Waals surface area contributed by atoms with Gasteiger partial charge in [0, 0.05) is 24.5 Å². The van der Waals surface area contributed by atoms with Crippen molar-refractivity contribution in [2.24, 2.45) is 0 Å². The first kappa shape index (κ1) is 17.7. The van der Waals surface area contributed by atoms with Crippen molar-refractivity contribution in [2.75, 3.05) is 7.11 Å². The lowest BCUT2D eigenvalue weighted by atomic mass is 10.2. The van der Waals surface area contributed by atoms with Crippen LogP contribution in [0.5, 0.6) is 5.75 Å². The molecule has 142 valence electrons. The molecule has 4 aromatic rings. The third kappa shape index (κ3) is 3.18. The zero-order valence-electron chi connectivity index (χ0n) is 15.4. The molecule has 0 unspecified atom stereocenters. The number of carbonyl (C=O) groups is 1. The molecule has 1 N–H and O–H groups in total. The molecule has 3 aromatic heterocycles. The molecule has 1 amide bonds. The van der Waals surface area contributed by atoms with E-state index < -0.39 is 0 Å². The van der Waals surface area contributed by atoms with Gasteiger partial charge in [-0.15, -0.1) is 5.10 Å². The number of pyridine rings is 1. The SMILES string of the molecule is COc1ccccc1CNC(=O)Cn1ccc2c(cnc3nc(C)nn32)c1=O. The Kier molecular flexibility index (Phi) is 4.48. The van der Waals surface area contributed by atoms with Crippen LogP contribution in [0.3, 0.4) is 0 Å². The van der Waals surface area contributed by atoms with Gasteiger partial charge in [-0.25, -0.2) is 4.98 Å². The highest BCUT2D eigenvalue weighted by Gasteiger charge is 2.12. The lowest BCUT2D eigenvalue weighted by Crippen LogP contribution is -2.32. The maximum atomic E-state index is 12.8. The largest absolute Gasteiger partial charge is 0.496 e. The van der Waals surface area contributed by atoms with Crippen LogP contribution in [0.2, 0.25) is 0 Å². The van der Waals surface area contributed by atoms with Crippen molar-refractivity contribution in [3.05, 3.63) is 64.5 Å². The Labute approximate surface area is 159 Å². The van der Waals surface area contributed by atoms with Crippen molar-refractivity contribution < 1.29 is 9.53 Å². The molecule has 0 atom stereocenters. The van der Waals surface area contributed by atoms with Gasteiger partial charge in [-0.1, -0.05) is 18.2 Å². The third-order valence-corrected chi connectivity index (χ3v) is 4.40. The summed E-state index contributed by atoms with van der Waals surface area (Å²) in [6.07, 6.45) is 3.04. The molecule has 0 aliphatic rings. The third-order valence-electron chi connectivity index (χ3n) is 4.40. The summed E-state index contributed by atoms with van der Waals surface area (Å²) in [6.45, 7) is 1.97. The highest BCUT2D eigenvalue weighted by molar-refractivity contribution is 5.80. The molecule has 9 nitrogen and oxygen atoms in total. The van der Waals surface area contributed by atoms with E-state index in [-0.39, 0.29) is 18.0 Å². The van der Waals surface area contributed by atoms with Gasteiger partial charge in [0.1, 0.15) is 18.1 Å². The molecule has 0 saturated heterocycles. The lowest BCUT2D eigenvalue weighted by molar-refractivity contribution is -0.121. The van der Waals surface area contributed by atoms with Gasteiger partial charge in [-0.2, -0.15) is 9.50 Å². The molecule has 1 aromatic carbocycles. The molecule has 9 heteroatoms. The minimum absolute atomic E-state index is 0.0989. The number of hydrogen-bond donors (Lipinski definition) is 1. The van der Waals surface area contributed by atoms with Crippen molar-refractivity contribution >= 4 is 22.6 Å². The summed E-state index contributed by atoms with van der Waals surface area (Å²) in [6, 6.07) is 9.16. The second kappa shape index (κ2) is 7.10. The molecule has 0 bridgehead atoms. The highest BCUT2D eigenvalue weighted by Crippen LogP contribution is 2.16. The van der Waals surface area contributed by atoms with E-state index in [1.54, 1.807) is 26.3 Å². The van der Waals surface area contributed by atoms with Gasteiger partial charge in [0.25, 0.3) is 11.3 Å². The van der Waals surface area contributed by atoms with Crippen LogP contribution in [0, 0.1) is 6.92 Å². The first-order chi connectivity index (χ1) is 13.6. The quantitative estimate of drug-likeness (QED) is 0.557. The maximum absolute atomic E-state index is 12.8. The van der Waals surface area contributed by atoms with Crippen molar-refractivity contribution in [3.8, 4) is 5.75 Å². The first-order valence-electron chi connectivity index (χ1n) is 8.67. The van der Waals surface area contributed by atoms with Crippen molar-refractivity contribution in [1.82, 2.24) is 29.5 Å². The van der Waals surface area contributed by atoms with E-state index in [2.05, 4.69) is 20.4 Å². The molecule has 0 fully saturated rings. The molecule has 3 heterocycles. The second-order valence-electron chi connectivity index (χ2n) is 6.27. The predicted molar refractivity (Wildman–Crippen MR) is 102 cm³/mol. The first-order valence-corrected chi connectivity index (χ1v) is 8.67. The molecule has 28 heavy (non-hydrogen) atoms. The second-order valence-corrected chi connectivity index (χ2v) is 6.27. The van der Waals surface area contributed by atoms with Crippen LogP contribution in [0.15, 0.2) is 47.5 Å². The van der Waals surface area contributed by atoms with Gasteiger partial charge in [-0.05, 0) is 19.1 Å². The summed E-state index contributed by atoms with van der Waals surface area (Å²) < 4.78 is 8.14. The summed E-state index contributed by atoms with van der Waals surface area (Å²) in [5.41, 5.74) is 1.14. The summed E-state index contributed by atoms with van der Waals surface area (Å²) >= 11 is 0. The highest BCUT2D eigenvalue weighted by atomic mass is 16.5. The molecular weight excluding hydrogens is 360 g/mol. The van der Waals surface area contributed by atoms with Gasteiger partial charge < -0.3 is 14.6 Å². The van der Waals surface area contributed by atoms with Crippen molar-refractivity contribution in [1.29, 1.82) is 0 Å². The number of rotatable bonds is 5. The number of methoxy groups -OCH3 is 1. The summed E-state index contributed by atoms with van der Waals surface area (Å²) in [7, 11) is 1.58. The lowest BCUT2D eigenvalue weighted by Gasteiger charge is -2.11. The number of aryl methyl sites for hydroxylation is 1. The Morgan fingerprint density at radius 3 is 2.89 bits per heavy atom. The fourth-order valence-corrected chi connectivity index (χ4v) is 3.04. The Balaban J connectivity index is 1.56. The average molecular weight is 378 g/mol. The number of benzene rings is 1. The molecular formula is C19H18N6O3. The van der Waals surface area contributed by atoms with Crippen LogP contribution in [0.25, 0.3) is 16.7 Å². The van der Waals surface area contributed by atoms with Gasteiger partial charge in [-0.3, -0.25) is 9.59 Å². The summed E-state index contributed by atoms with van der Waals surface area (Å²) in [5.74, 6) is 1.42. The zero-order chi connectivity index (χ0) is 19.7. The fraction of sp³-hybridized carbons (Fsp3) is 0.211. The van der Waals surface area contributed by atoms with Crippen LogP contribution in [-0.4, -0.2) is 37.2 Å². The van der Waals surface area contributed by atoms with Crippen LogP contribution in [-0.2, 0) is 17.9 Å². The van der Waals surface area contributed by atoms with Crippen LogP contribution in [0.1, 0.15) is 11.4 Å². The van der Waals surface area contributed by atoms with Gasteiger partial charge in [0.05, 0.1) is 18.0 Å². The smallest absolute Gasteiger partial charge is 0.262 e. The van der Waals surface area contributed by atoms with Crippen LogP contribution in [0.4, 0.5) is 0 Å². The average Bonchev–Trinajstić information content (AvgIpc) is 3.09. The molecule has 0 saturated carbocycles. The zero-order valence-corrected chi connectivity index (χ0v) is 15.4. The molecule has 0 aliphatic heterocycles. The number of ether oxygens (including phenoxy) is 1. The molecule has 4 rings (SSSR count). The van der Waals surface area contributed by atoms with Crippen LogP contribution >= 0.6 is 0 Å². The van der Waals surface area contributed by atoms with E-state index >= 15 is 0 Å². The topological polar surface area (TPSA) is 103 Å². The maximum Gasteiger partial charge on any atom is 0.262 e. The van der Waals surface area contributed by atoms with Gasteiger partial charge in [0.15, 0.2) is 0 Å². The van der Waals surface area contributed by atoms with E-state index in [1.807, 2.05) is 24.3 Å².